The van der Waals surface area contributed by atoms with Gasteiger partial charge < -0.3 is 25.6 Å². The van der Waals surface area contributed by atoms with Crippen LogP contribution in [0, 0.1) is 13.8 Å². The highest BCUT2D eigenvalue weighted by atomic mass is 127. The highest BCUT2D eigenvalue weighted by Gasteiger charge is 2.06. The van der Waals surface area contributed by atoms with E-state index in [2.05, 4.69) is 10.3 Å². The van der Waals surface area contributed by atoms with Crippen molar-refractivity contribution < 1.29 is 14.6 Å². The van der Waals surface area contributed by atoms with Crippen molar-refractivity contribution in [1.29, 1.82) is 0 Å². The van der Waals surface area contributed by atoms with E-state index in [1.165, 1.54) is 0 Å². The summed E-state index contributed by atoms with van der Waals surface area (Å²) in [5.41, 5.74) is 9.33. The summed E-state index contributed by atoms with van der Waals surface area (Å²) in [5, 5.41) is 12.8. The lowest BCUT2D eigenvalue weighted by molar-refractivity contribution is 0.355. The van der Waals surface area contributed by atoms with Crippen molar-refractivity contribution in [2.45, 2.75) is 20.4 Å². The minimum atomic E-state index is 0. The fourth-order valence-electron chi connectivity index (χ4n) is 2.41. The number of aromatic hydroxyl groups is 1. The summed E-state index contributed by atoms with van der Waals surface area (Å²) in [6.45, 7) is 4.15. The van der Waals surface area contributed by atoms with E-state index in [0.29, 0.717) is 29.8 Å². The number of guanidine groups is 1. The number of nitrogens with zero attached hydrogens (tertiary/aromatic N) is 1. The molecule has 6 nitrogen and oxygen atoms in total. The number of benzene rings is 2. The maximum absolute atomic E-state index is 9.80. The van der Waals surface area contributed by atoms with Gasteiger partial charge in [-0.15, -0.1) is 24.0 Å². The Hall–Kier alpha value is -2.16. The molecule has 0 aliphatic heterocycles. The molecule has 2 aromatic rings. The zero-order chi connectivity index (χ0) is 17.7. The van der Waals surface area contributed by atoms with E-state index in [0.717, 1.165) is 22.4 Å². The van der Waals surface area contributed by atoms with E-state index in [1.807, 2.05) is 32.0 Å². The summed E-state index contributed by atoms with van der Waals surface area (Å²) in [5.74, 6) is 1.87. The second-order valence-electron chi connectivity index (χ2n) is 5.47. The molecule has 0 saturated carbocycles. The Labute approximate surface area is 165 Å². The third-order valence-electron chi connectivity index (χ3n) is 3.64. The normalized spacial score (nSPS) is 10.8. The molecule has 0 fully saturated rings. The Morgan fingerprint density at radius 2 is 1.68 bits per heavy atom. The van der Waals surface area contributed by atoms with Gasteiger partial charge in [0.15, 0.2) is 17.5 Å². The summed E-state index contributed by atoms with van der Waals surface area (Å²) in [7, 11) is 3.16. The van der Waals surface area contributed by atoms with Crippen molar-refractivity contribution >= 4 is 35.6 Å². The summed E-state index contributed by atoms with van der Waals surface area (Å²) in [6.07, 6.45) is 0. The maximum atomic E-state index is 9.80. The van der Waals surface area contributed by atoms with Crippen molar-refractivity contribution in [3.8, 4) is 17.2 Å². The van der Waals surface area contributed by atoms with Gasteiger partial charge in [0, 0.05) is 11.8 Å². The maximum Gasteiger partial charge on any atom is 0.193 e. The summed E-state index contributed by atoms with van der Waals surface area (Å²) in [6, 6.07) is 9.21. The van der Waals surface area contributed by atoms with Crippen LogP contribution in [0.2, 0.25) is 0 Å². The standard InChI is InChI=1S/C18H23N3O3.HI/c1-11-7-13(8-12(2)17(11)22)10-20-18(19)21-14-5-6-15(23-3)16(9-14)24-4;/h5-9,22H,10H2,1-4H3,(H3,19,20,21);1H. The van der Waals surface area contributed by atoms with Gasteiger partial charge in [-0.25, -0.2) is 4.99 Å². The minimum absolute atomic E-state index is 0. The lowest BCUT2D eigenvalue weighted by Gasteiger charge is -2.11. The second kappa shape index (κ2) is 9.36. The molecule has 2 aromatic carbocycles. The molecular formula is C18H24IN3O3. The van der Waals surface area contributed by atoms with Crippen molar-refractivity contribution in [2.24, 2.45) is 10.7 Å². The van der Waals surface area contributed by atoms with Gasteiger partial charge in [0.05, 0.1) is 20.8 Å². The van der Waals surface area contributed by atoms with Gasteiger partial charge in [0.25, 0.3) is 0 Å². The summed E-state index contributed by atoms with van der Waals surface area (Å²) >= 11 is 0. The van der Waals surface area contributed by atoms with Crippen LogP contribution in [-0.4, -0.2) is 25.3 Å². The van der Waals surface area contributed by atoms with E-state index in [1.54, 1.807) is 26.4 Å². The predicted octanol–water partition coefficient (Wildman–Crippen LogP) is 3.57. The van der Waals surface area contributed by atoms with Crippen LogP contribution in [0.25, 0.3) is 0 Å². The zero-order valence-electron chi connectivity index (χ0n) is 14.8. The SMILES string of the molecule is COc1ccc(NC(N)=NCc2cc(C)c(O)c(C)c2)cc1OC.I. The lowest BCUT2D eigenvalue weighted by Crippen LogP contribution is -2.22. The first-order valence-electron chi connectivity index (χ1n) is 7.52. The Morgan fingerprint density at radius 3 is 2.24 bits per heavy atom. The molecule has 136 valence electrons. The molecule has 0 unspecified atom stereocenters. The quantitative estimate of drug-likeness (QED) is 0.363. The first kappa shape index (κ1) is 20.9. The van der Waals surface area contributed by atoms with Crippen LogP contribution in [-0.2, 0) is 6.54 Å². The summed E-state index contributed by atoms with van der Waals surface area (Å²) < 4.78 is 10.5. The molecule has 0 atom stereocenters. The van der Waals surface area contributed by atoms with E-state index in [9.17, 15) is 5.11 Å². The fraction of sp³-hybridized carbons (Fsp3) is 0.278. The third-order valence-corrected chi connectivity index (χ3v) is 3.64. The number of ether oxygens (including phenoxy) is 2. The number of rotatable bonds is 5. The first-order valence-corrected chi connectivity index (χ1v) is 7.52. The van der Waals surface area contributed by atoms with Gasteiger partial charge in [-0.05, 0) is 42.7 Å². The Balaban J connectivity index is 0.00000312. The average Bonchev–Trinajstić information content (AvgIpc) is 2.57. The van der Waals surface area contributed by atoms with Crippen LogP contribution in [0.1, 0.15) is 16.7 Å². The largest absolute Gasteiger partial charge is 0.507 e. The third kappa shape index (κ3) is 5.42. The number of hydrogen-bond donors (Lipinski definition) is 3. The van der Waals surface area contributed by atoms with Gasteiger partial charge >= 0.3 is 0 Å². The Bertz CT molecular complexity index is 740. The molecule has 0 spiro atoms. The molecule has 0 aliphatic rings. The number of nitrogens with two attached hydrogens (primary N) is 1. The van der Waals surface area contributed by atoms with Crippen LogP contribution >= 0.6 is 24.0 Å². The van der Waals surface area contributed by atoms with Crippen molar-refractivity contribution in [3.63, 3.8) is 0 Å². The molecular weight excluding hydrogens is 433 g/mol. The minimum Gasteiger partial charge on any atom is -0.507 e. The number of halogens is 1. The van der Waals surface area contributed by atoms with Gasteiger partial charge in [0.2, 0.25) is 0 Å². The Kier molecular flexibility index (Phi) is 7.82. The predicted molar refractivity (Wildman–Crippen MR) is 111 cm³/mol. The van der Waals surface area contributed by atoms with Crippen LogP contribution < -0.4 is 20.5 Å². The lowest BCUT2D eigenvalue weighted by atomic mass is 10.1. The average molecular weight is 457 g/mol. The molecule has 25 heavy (non-hydrogen) atoms. The van der Waals surface area contributed by atoms with Crippen LogP contribution in [0.4, 0.5) is 5.69 Å². The molecule has 0 heterocycles. The van der Waals surface area contributed by atoms with Gasteiger partial charge in [-0.3, -0.25) is 0 Å². The highest BCUT2D eigenvalue weighted by molar-refractivity contribution is 14.0. The van der Waals surface area contributed by atoms with E-state index >= 15 is 0 Å². The number of phenols is 1. The zero-order valence-corrected chi connectivity index (χ0v) is 17.1. The number of hydrogen-bond acceptors (Lipinski definition) is 4. The second-order valence-corrected chi connectivity index (χ2v) is 5.47. The molecule has 7 heteroatoms. The van der Waals surface area contributed by atoms with Gasteiger partial charge in [0.1, 0.15) is 5.75 Å². The molecule has 0 bridgehead atoms. The molecule has 4 N–H and O–H groups in total. The molecule has 0 aromatic heterocycles. The molecule has 0 saturated heterocycles. The van der Waals surface area contributed by atoms with Gasteiger partial charge in [-0.1, -0.05) is 12.1 Å². The molecule has 2 rings (SSSR count). The topological polar surface area (TPSA) is 89.1 Å². The van der Waals surface area contributed by atoms with E-state index in [-0.39, 0.29) is 24.0 Å². The van der Waals surface area contributed by atoms with Gasteiger partial charge in [-0.2, -0.15) is 0 Å². The Morgan fingerprint density at radius 1 is 1.08 bits per heavy atom. The van der Waals surface area contributed by atoms with Crippen molar-refractivity contribution in [3.05, 3.63) is 47.0 Å². The monoisotopic (exact) mass is 457 g/mol. The molecule has 0 aliphatic carbocycles. The molecule has 0 amide bonds. The summed E-state index contributed by atoms with van der Waals surface area (Å²) in [4.78, 5) is 4.33. The van der Waals surface area contributed by atoms with Crippen molar-refractivity contribution in [2.75, 3.05) is 19.5 Å². The van der Waals surface area contributed by atoms with Crippen molar-refractivity contribution in [1.82, 2.24) is 0 Å². The van der Waals surface area contributed by atoms with E-state index < -0.39 is 0 Å². The first-order chi connectivity index (χ1) is 11.4. The van der Waals surface area contributed by atoms with Crippen LogP contribution in [0.15, 0.2) is 35.3 Å². The van der Waals surface area contributed by atoms with E-state index in [4.69, 9.17) is 15.2 Å². The number of nitrogens with one attached hydrogen (secondary N) is 1. The number of aliphatic imine (C=N–C) groups is 1. The number of aryl methyl sites for hydroxylation is 2. The fourth-order valence-corrected chi connectivity index (χ4v) is 2.41. The van der Waals surface area contributed by atoms with Crippen LogP contribution in [0.3, 0.4) is 0 Å². The number of methoxy groups -OCH3 is 2. The molecule has 0 radical (unpaired) electrons. The smallest absolute Gasteiger partial charge is 0.193 e. The number of anilines is 1. The van der Waals surface area contributed by atoms with Crippen LogP contribution in [0.5, 0.6) is 17.2 Å². The highest BCUT2D eigenvalue weighted by Crippen LogP contribution is 2.29. The number of phenolic OH excluding ortho intramolecular Hbond substituents is 1.